The van der Waals surface area contributed by atoms with Gasteiger partial charge < -0.3 is 8.98 Å². The molecule has 5 nitrogen and oxygen atoms in total. The van der Waals surface area contributed by atoms with E-state index in [4.69, 9.17) is 19.4 Å². The summed E-state index contributed by atoms with van der Waals surface area (Å²) < 4.78 is 11.9. The first kappa shape index (κ1) is 31.9. The molecule has 0 aliphatic rings. The number of hydrogen-bond donors (Lipinski definition) is 0. The molecule has 57 heavy (non-hydrogen) atoms. The normalized spacial score (nSPS) is 11.9. The number of nitrogens with zero attached hydrogens (tertiary/aromatic N) is 4. The molecule has 6 heteroatoms. The zero-order valence-corrected chi connectivity index (χ0v) is 31.2. The minimum absolute atomic E-state index is 0.566. The van der Waals surface area contributed by atoms with Gasteiger partial charge in [-0.05, 0) is 53.6 Å². The number of rotatable bonds is 5. The first-order chi connectivity index (χ1) is 28.3. The third kappa shape index (κ3) is 4.98. The summed E-state index contributed by atoms with van der Waals surface area (Å²) in [6, 6.07) is 63.7. The van der Waals surface area contributed by atoms with Crippen molar-refractivity contribution < 1.29 is 4.42 Å². The Kier molecular flexibility index (Phi) is 7.03. The van der Waals surface area contributed by atoms with E-state index < -0.39 is 0 Å². The Hall–Kier alpha value is -7.41. The van der Waals surface area contributed by atoms with Crippen LogP contribution in [0.3, 0.4) is 0 Å². The number of aromatic nitrogens is 4. The minimum atomic E-state index is 0.566. The Morgan fingerprint density at radius 1 is 0.404 bits per heavy atom. The molecular formula is C51H30N4OS. The lowest BCUT2D eigenvalue weighted by atomic mass is 9.98. The molecule has 0 saturated carbocycles. The topological polar surface area (TPSA) is 56.7 Å². The minimum Gasteiger partial charge on any atom is -0.454 e. The molecule has 0 spiro atoms. The molecule has 0 amide bonds. The van der Waals surface area contributed by atoms with Crippen LogP contribution in [0.4, 0.5) is 0 Å². The van der Waals surface area contributed by atoms with Gasteiger partial charge in [0.2, 0.25) is 0 Å². The van der Waals surface area contributed by atoms with Gasteiger partial charge in [0.25, 0.3) is 0 Å². The summed E-state index contributed by atoms with van der Waals surface area (Å²) in [6.07, 6.45) is 0. The molecule has 0 aliphatic heterocycles. The summed E-state index contributed by atoms with van der Waals surface area (Å²) in [5.41, 5.74) is 9.67. The molecule has 4 aromatic heterocycles. The quantitative estimate of drug-likeness (QED) is 0.176. The maximum atomic E-state index is 6.92. The number of thiophene rings is 1. The van der Waals surface area contributed by atoms with E-state index in [9.17, 15) is 0 Å². The van der Waals surface area contributed by atoms with E-state index in [-0.39, 0.29) is 0 Å². The van der Waals surface area contributed by atoms with E-state index in [0.717, 1.165) is 71.7 Å². The van der Waals surface area contributed by atoms with Gasteiger partial charge >= 0.3 is 0 Å². The molecule has 0 atom stereocenters. The summed E-state index contributed by atoms with van der Waals surface area (Å²) in [4.78, 5) is 15.5. The predicted octanol–water partition coefficient (Wildman–Crippen LogP) is 13.9. The van der Waals surface area contributed by atoms with Gasteiger partial charge in [-0.15, -0.1) is 11.3 Å². The fraction of sp³-hybridized carbons (Fsp3) is 0. The third-order valence-corrected chi connectivity index (χ3v) is 12.2. The highest BCUT2D eigenvalue weighted by molar-refractivity contribution is 7.25. The number of hydrogen-bond acceptors (Lipinski definition) is 5. The molecule has 266 valence electrons. The van der Waals surface area contributed by atoms with Crippen molar-refractivity contribution >= 4 is 75.3 Å². The van der Waals surface area contributed by atoms with E-state index in [1.165, 1.54) is 25.7 Å². The van der Waals surface area contributed by atoms with Gasteiger partial charge in [-0.25, -0.2) is 15.0 Å². The SMILES string of the molecule is c1ccc(-c2nc(-c3ccccc3)nc(-c3ccc4c(oc5ccccc54)c3-n3c4ccccc4c4ccc(-c5cccc6sc7ccccc7c56)cc43)n2)cc1. The van der Waals surface area contributed by atoms with Crippen LogP contribution in [0.2, 0.25) is 0 Å². The summed E-state index contributed by atoms with van der Waals surface area (Å²) in [5.74, 6) is 1.78. The zero-order chi connectivity index (χ0) is 37.5. The van der Waals surface area contributed by atoms with Crippen LogP contribution in [0.5, 0.6) is 0 Å². The lowest BCUT2D eigenvalue weighted by molar-refractivity contribution is 0.666. The lowest BCUT2D eigenvalue weighted by Gasteiger charge is -2.16. The average Bonchev–Trinajstić information content (AvgIpc) is 3.96. The Morgan fingerprint density at radius 3 is 1.81 bits per heavy atom. The second-order valence-electron chi connectivity index (χ2n) is 14.3. The van der Waals surface area contributed by atoms with E-state index >= 15 is 0 Å². The highest BCUT2D eigenvalue weighted by atomic mass is 32.1. The van der Waals surface area contributed by atoms with Gasteiger partial charge in [0, 0.05) is 58.4 Å². The fourth-order valence-corrected chi connectivity index (χ4v) is 9.63. The fourth-order valence-electron chi connectivity index (χ4n) is 8.50. The summed E-state index contributed by atoms with van der Waals surface area (Å²) in [7, 11) is 0. The van der Waals surface area contributed by atoms with Gasteiger partial charge in [0.05, 0.1) is 11.0 Å². The number of furan rings is 1. The largest absolute Gasteiger partial charge is 0.454 e. The second-order valence-corrected chi connectivity index (χ2v) is 15.4. The molecule has 0 bridgehead atoms. The van der Waals surface area contributed by atoms with Crippen molar-refractivity contribution in [3.05, 3.63) is 182 Å². The summed E-state index contributed by atoms with van der Waals surface area (Å²) >= 11 is 1.84. The molecule has 0 N–H and O–H groups in total. The van der Waals surface area contributed by atoms with Crippen LogP contribution in [0.25, 0.3) is 115 Å². The second kappa shape index (κ2) is 12.6. The monoisotopic (exact) mass is 746 g/mol. The van der Waals surface area contributed by atoms with Crippen molar-refractivity contribution in [1.82, 2.24) is 19.5 Å². The molecular weight excluding hydrogens is 717 g/mol. The Bertz CT molecular complexity index is 3470. The van der Waals surface area contributed by atoms with Gasteiger partial charge in [0.1, 0.15) is 11.3 Å². The van der Waals surface area contributed by atoms with Crippen LogP contribution in [-0.2, 0) is 0 Å². The highest BCUT2D eigenvalue weighted by Gasteiger charge is 2.25. The van der Waals surface area contributed by atoms with E-state index in [2.05, 4.69) is 114 Å². The average molecular weight is 747 g/mol. The molecule has 8 aromatic carbocycles. The van der Waals surface area contributed by atoms with Crippen molar-refractivity contribution in [3.8, 4) is 51.0 Å². The maximum Gasteiger partial charge on any atom is 0.166 e. The Labute approximate surface area is 330 Å². The van der Waals surface area contributed by atoms with Crippen LogP contribution in [0.15, 0.2) is 186 Å². The van der Waals surface area contributed by atoms with Crippen molar-refractivity contribution in [2.75, 3.05) is 0 Å². The van der Waals surface area contributed by atoms with E-state index in [1.54, 1.807) is 0 Å². The van der Waals surface area contributed by atoms with Crippen molar-refractivity contribution in [1.29, 1.82) is 0 Å². The Balaban J connectivity index is 1.20. The predicted molar refractivity (Wildman–Crippen MR) is 236 cm³/mol. The lowest BCUT2D eigenvalue weighted by Crippen LogP contribution is -2.04. The number of para-hydroxylation sites is 2. The standard InChI is InChI=1S/C51H30N4OS/c1-3-14-31(15-4-1)49-52-50(32-16-5-2-6-17-32)54-51(53-49)40-29-28-38-37-19-8-11-23-43(37)56-48(38)47(40)55-41-22-10-7-18-35(41)36-27-26-33(30-42(36)55)34-21-13-25-45-46(34)39-20-9-12-24-44(39)57-45/h1-30H. The van der Waals surface area contributed by atoms with Crippen molar-refractivity contribution in [2.45, 2.75) is 0 Å². The van der Waals surface area contributed by atoms with Crippen LogP contribution in [-0.4, -0.2) is 19.5 Å². The number of benzene rings is 8. The third-order valence-electron chi connectivity index (χ3n) is 11.1. The first-order valence-electron chi connectivity index (χ1n) is 19.0. The van der Waals surface area contributed by atoms with Crippen LogP contribution in [0, 0.1) is 0 Å². The van der Waals surface area contributed by atoms with Gasteiger partial charge in [-0.1, -0.05) is 140 Å². The molecule has 0 aliphatic carbocycles. The van der Waals surface area contributed by atoms with Gasteiger partial charge in [0.15, 0.2) is 23.1 Å². The smallest absolute Gasteiger partial charge is 0.166 e. The van der Waals surface area contributed by atoms with Crippen LogP contribution >= 0.6 is 11.3 Å². The maximum absolute atomic E-state index is 6.92. The Morgan fingerprint density at radius 2 is 1.02 bits per heavy atom. The van der Waals surface area contributed by atoms with Gasteiger partial charge in [-0.2, -0.15) is 0 Å². The molecule has 4 heterocycles. The van der Waals surface area contributed by atoms with E-state index in [1.807, 2.05) is 84.1 Å². The summed E-state index contributed by atoms with van der Waals surface area (Å²) in [5, 5.41) is 6.96. The van der Waals surface area contributed by atoms with E-state index in [0.29, 0.717) is 17.5 Å². The molecule has 12 rings (SSSR count). The molecule has 0 saturated heterocycles. The first-order valence-corrected chi connectivity index (χ1v) is 19.8. The van der Waals surface area contributed by atoms with Crippen LogP contribution in [0.1, 0.15) is 0 Å². The zero-order valence-electron chi connectivity index (χ0n) is 30.4. The van der Waals surface area contributed by atoms with Crippen molar-refractivity contribution in [3.63, 3.8) is 0 Å². The number of fused-ring (bicyclic) bond motifs is 9. The molecule has 0 unspecified atom stereocenters. The molecule has 0 fully saturated rings. The molecule has 0 radical (unpaired) electrons. The summed E-state index contributed by atoms with van der Waals surface area (Å²) in [6.45, 7) is 0. The highest BCUT2D eigenvalue weighted by Crippen LogP contribution is 2.45. The van der Waals surface area contributed by atoms with Gasteiger partial charge in [-0.3, -0.25) is 0 Å². The molecule has 12 aromatic rings. The van der Waals surface area contributed by atoms with Crippen LogP contribution < -0.4 is 0 Å². The van der Waals surface area contributed by atoms with Crippen molar-refractivity contribution in [2.24, 2.45) is 0 Å².